The highest BCUT2D eigenvalue weighted by Gasteiger charge is 2.30. The fourth-order valence-corrected chi connectivity index (χ4v) is 6.10. The van der Waals surface area contributed by atoms with Gasteiger partial charge in [-0.15, -0.1) is 5.10 Å². The zero-order valence-corrected chi connectivity index (χ0v) is 21.4. The number of H-pyrrole nitrogens is 1. The predicted molar refractivity (Wildman–Crippen MR) is 132 cm³/mol. The maximum atomic E-state index is 13.3. The van der Waals surface area contributed by atoms with Gasteiger partial charge in [0.2, 0.25) is 10.0 Å². The van der Waals surface area contributed by atoms with E-state index in [0.29, 0.717) is 47.8 Å². The van der Waals surface area contributed by atoms with Crippen molar-refractivity contribution in [2.75, 3.05) is 19.7 Å². The third-order valence-electron chi connectivity index (χ3n) is 6.62. The van der Waals surface area contributed by atoms with Gasteiger partial charge in [-0.3, -0.25) is 4.79 Å². The Kier molecular flexibility index (Phi) is 7.30. The summed E-state index contributed by atoms with van der Waals surface area (Å²) in [7, 11) is -3.80. The van der Waals surface area contributed by atoms with Crippen LogP contribution in [0.3, 0.4) is 0 Å². The van der Waals surface area contributed by atoms with E-state index >= 15 is 0 Å². The largest absolute Gasteiger partial charge is 0.493 e. The van der Waals surface area contributed by atoms with Crippen molar-refractivity contribution in [2.24, 2.45) is 0 Å². The van der Waals surface area contributed by atoms with Crippen molar-refractivity contribution >= 4 is 15.5 Å². The average molecular weight is 504 g/mol. The second kappa shape index (κ2) is 10.1. The summed E-state index contributed by atoms with van der Waals surface area (Å²) in [5.74, 6) is 1.47. The molecule has 3 aromatic rings. The number of nitrogens with one attached hydrogen (secondary N) is 1. The van der Waals surface area contributed by atoms with Crippen LogP contribution in [0, 0.1) is 6.92 Å². The normalized spacial score (nSPS) is 15.8. The molecule has 2 N–H and O–H groups in total. The van der Waals surface area contributed by atoms with Crippen LogP contribution < -0.4 is 10.3 Å². The molecule has 0 amide bonds. The van der Waals surface area contributed by atoms with Gasteiger partial charge < -0.3 is 14.8 Å². The van der Waals surface area contributed by atoms with E-state index in [0.717, 1.165) is 12.8 Å². The maximum absolute atomic E-state index is 13.3. The highest BCUT2D eigenvalue weighted by Crippen LogP contribution is 2.32. The SMILES string of the molecule is CCOc1ccc(S(=O)(=O)N2CCC(O)CC2)cc1-c1nn2c(C(CC)CC)nc(C)c2c(=O)[nH]1. The van der Waals surface area contributed by atoms with Gasteiger partial charge in [0, 0.05) is 19.0 Å². The van der Waals surface area contributed by atoms with Crippen molar-refractivity contribution in [3.63, 3.8) is 0 Å². The van der Waals surface area contributed by atoms with E-state index in [9.17, 15) is 18.3 Å². The van der Waals surface area contributed by atoms with Gasteiger partial charge in [-0.25, -0.2) is 17.9 Å². The molecule has 3 heterocycles. The van der Waals surface area contributed by atoms with Gasteiger partial charge in [-0.1, -0.05) is 13.8 Å². The third kappa shape index (κ3) is 4.72. The molecule has 190 valence electrons. The molecule has 0 aliphatic carbocycles. The van der Waals surface area contributed by atoms with Crippen molar-refractivity contribution in [3.05, 3.63) is 40.1 Å². The first-order valence-electron chi connectivity index (χ1n) is 12.2. The van der Waals surface area contributed by atoms with Crippen LogP contribution >= 0.6 is 0 Å². The minimum atomic E-state index is -3.80. The molecule has 1 saturated heterocycles. The Morgan fingerprint density at radius 2 is 1.89 bits per heavy atom. The van der Waals surface area contributed by atoms with Crippen LogP contribution in [0.5, 0.6) is 5.75 Å². The first-order valence-corrected chi connectivity index (χ1v) is 13.6. The standard InChI is InChI=1S/C24H33N5O5S/c1-5-16(6-2)23-25-15(4)21-24(31)26-22(27-29(21)23)19-14-18(8-9-20(19)34-7-3)35(32,33)28-12-10-17(30)11-13-28/h8-9,14,16-17,30H,5-7,10-13H2,1-4H3,(H,26,27,31). The quantitative estimate of drug-likeness (QED) is 0.483. The number of benzene rings is 1. The number of aryl methyl sites for hydroxylation is 1. The Bertz CT molecular complexity index is 1370. The number of sulfonamides is 1. The molecule has 2 aromatic heterocycles. The first kappa shape index (κ1) is 25.3. The zero-order valence-electron chi connectivity index (χ0n) is 20.6. The Labute approximate surface area is 205 Å². The van der Waals surface area contributed by atoms with E-state index in [1.54, 1.807) is 17.5 Å². The molecule has 10 nitrogen and oxygen atoms in total. The first-order chi connectivity index (χ1) is 16.7. The highest BCUT2D eigenvalue weighted by molar-refractivity contribution is 7.89. The number of piperidine rings is 1. The third-order valence-corrected chi connectivity index (χ3v) is 8.51. The molecule has 0 bridgehead atoms. The molecular formula is C24H33N5O5S. The molecule has 1 aliphatic rings. The summed E-state index contributed by atoms with van der Waals surface area (Å²) in [5.41, 5.74) is 1.01. The number of hydrogen-bond donors (Lipinski definition) is 2. The number of imidazole rings is 1. The fraction of sp³-hybridized carbons (Fsp3) is 0.542. The minimum absolute atomic E-state index is 0.0807. The van der Waals surface area contributed by atoms with Crippen LogP contribution in [-0.4, -0.2) is 63.2 Å². The number of nitrogens with zero attached hydrogens (tertiary/aromatic N) is 4. The number of aromatic amines is 1. The summed E-state index contributed by atoms with van der Waals surface area (Å²) in [6.07, 6.45) is 2.00. The maximum Gasteiger partial charge on any atom is 0.277 e. The monoisotopic (exact) mass is 503 g/mol. The second-order valence-electron chi connectivity index (χ2n) is 8.86. The summed E-state index contributed by atoms with van der Waals surface area (Å²) in [6, 6.07) is 4.59. The van der Waals surface area contributed by atoms with Gasteiger partial charge in [-0.05, 0) is 57.7 Å². The summed E-state index contributed by atoms with van der Waals surface area (Å²) in [6.45, 7) is 8.61. The number of rotatable bonds is 8. The smallest absolute Gasteiger partial charge is 0.277 e. The molecule has 11 heteroatoms. The number of hydrogen-bond acceptors (Lipinski definition) is 7. The summed E-state index contributed by atoms with van der Waals surface area (Å²) < 4.78 is 35.4. The lowest BCUT2D eigenvalue weighted by molar-refractivity contribution is 0.113. The van der Waals surface area contributed by atoms with Crippen molar-refractivity contribution in [2.45, 2.75) is 70.3 Å². The second-order valence-corrected chi connectivity index (χ2v) is 10.8. The lowest BCUT2D eigenvalue weighted by Gasteiger charge is -2.29. The Balaban J connectivity index is 1.87. The van der Waals surface area contributed by atoms with Crippen molar-refractivity contribution < 1.29 is 18.3 Å². The Morgan fingerprint density at radius 3 is 2.51 bits per heavy atom. The summed E-state index contributed by atoms with van der Waals surface area (Å²) >= 11 is 0. The number of aliphatic hydroxyl groups excluding tert-OH is 1. The van der Waals surface area contributed by atoms with Crippen LogP contribution in [0.4, 0.5) is 0 Å². The van der Waals surface area contributed by atoms with Gasteiger partial charge in [0.25, 0.3) is 5.56 Å². The zero-order chi connectivity index (χ0) is 25.3. The van der Waals surface area contributed by atoms with Crippen LogP contribution in [0.2, 0.25) is 0 Å². The van der Waals surface area contributed by atoms with Crippen molar-refractivity contribution in [1.82, 2.24) is 23.9 Å². The highest BCUT2D eigenvalue weighted by atomic mass is 32.2. The van der Waals surface area contributed by atoms with E-state index in [4.69, 9.17) is 9.84 Å². The topological polar surface area (TPSA) is 130 Å². The Hall–Kier alpha value is -2.76. The Morgan fingerprint density at radius 1 is 1.20 bits per heavy atom. The molecule has 0 atom stereocenters. The summed E-state index contributed by atoms with van der Waals surface area (Å²) in [4.78, 5) is 20.6. The van der Waals surface area contributed by atoms with Crippen LogP contribution in [-0.2, 0) is 10.0 Å². The molecule has 0 radical (unpaired) electrons. The van der Waals surface area contributed by atoms with Gasteiger partial charge >= 0.3 is 0 Å². The molecule has 1 aliphatic heterocycles. The number of ether oxygens (including phenoxy) is 1. The number of aromatic nitrogens is 4. The van der Waals surface area contributed by atoms with Crippen molar-refractivity contribution in [1.29, 1.82) is 0 Å². The molecule has 0 saturated carbocycles. The van der Waals surface area contributed by atoms with E-state index in [1.165, 1.54) is 16.4 Å². The lowest BCUT2D eigenvalue weighted by Crippen LogP contribution is -2.40. The molecule has 0 spiro atoms. The fourth-order valence-electron chi connectivity index (χ4n) is 4.60. The molecule has 4 rings (SSSR count). The van der Waals surface area contributed by atoms with Gasteiger partial charge in [0.05, 0.1) is 28.9 Å². The van der Waals surface area contributed by atoms with E-state index in [2.05, 4.69) is 23.8 Å². The molecule has 35 heavy (non-hydrogen) atoms. The van der Waals surface area contributed by atoms with Crippen LogP contribution in [0.1, 0.15) is 63.9 Å². The minimum Gasteiger partial charge on any atom is -0.493 e. The van der Waals surface area contributed by atoms with Gasteiger partial charge in [0.15, 0.2) is 11.3 Å². The van der Waals surface area contributed by atoms with Crippen LogP contribution in [0.15, 0.2) is 27.9 Å². The van der Waals surface area contributed by atoms with Gasteiger partial charge in [-0.2, -0.15) is 4.31 Å². The van der Waals surface area contributed by atoms with Crippen molar-refractivity contribution in [3.8, 4) is 17.1 Å². The molecule has 1 aromatic carbocycles. The average Bonchev–Trinajstić information content (AvgIpc) is 3.17. The number of aliphatic hydroxyl groups is 1. The summed E-state index contributed by atoms with van der Waals surface area (Å²) in [5, 5.41) is 14.5. The van der Waals surface area contributed by atoms with E-state index in [1.807, 2.05) is 6.92 Å². The van der Waals surface area contributed by atoms with Gasteiger partial charge in [0.1, 0.15) is 11.6 Å². The number of fused-ring (bicyclic) bond motifs is 1. The van der Waals surface area contributed by atoms with E-state index < -0.39 is 16.1 Å². The van der Waals surface area contributed by atoms with E-state index in [-0.39, 0.29) is 35.3 Å². The van der Waals surface area contributed by atoms with Crippen LogP contribution in [0.25, 0.3) is 16.9 Å². The molecule has 0 unspecified atom stereocenters. The molecular weight excluding hydrogens is 470 g/mol. The predicted octanol–water partition coefficient (Wildman–Crippen LogP) is 2.84. The molecule has 1 fully saturated rings. The lowest BCUT2D eigenvalue weighted by atomic mass is 10.0.